The molecule has 4 heterocycles. The van der Waals surface area contributed by atoms with E-state index in [1.165, 1.54) is 11.3 Å². The number of rotatable bonds is 6. The first kappa shape index (κ1) is 27.2. The number of benzene rings is 3. The quantitative estimate of drug-likeness (QED) is 0.197. The number of hydrogen-bond acceptors (Lipinski definition) is 6. The normalized spacial score (nSPS) is 13.5. The Morgan fingerprint density at radius 1 is 0.860 bits per heavy atom. The van der Waals surface area contributed by atoms with Gasteiger partial charge in [0.05, 0.1) is 27.1 Å². The van der Waals surface area contributed by atoms with Gasteiger partial charge in [-0.1, -0.05) is 54.6 Å². The van der Waals surface area contributed by atoms with Gasteiger partial charge in [-0.3, -0.25) is 4.79 Å². The van der Waals surface area contributed by atoms with E-state index in [4.69, 9.17) is 10.7 Å². The number of aromatic carboxylic acids is 1. The Hall–Kier alpha value is -4.60. The molecule has 1 amide bonds. The Kier molecular flexibility index (Phi) is 7.12. The van der Waals surface area contributed by atoms with E-state index < -0.39 is 5.97 Å². The van der Waals surface area contributed by atoms with Gasteiger partial charge in [0, 0.05) is 46.8 Å². The molecule has 9 heteroatoms. The van der Waals surface area contributed by atoms with Crippen molar-refractivity contribution in [1.29, 1.82) is 0 Å². The summed E-state index contributed by atoms with van der Waals surface area (Å²) in [5.74, 6) is 0.910. The van der Waals surface area contributed by atoms with Gasteiger partial charge in [0.15, 0.2) is 0 Å². The lowest BCUT2D eigenvalue weighted by molar-refractivity contribution is -0.131. The molecule has 214 valence electrons. The van der Waals surface area contributed by atoms with Gasteiger partial charge in [-0.2, -0.15) is 11.8 Å². The highest BCUT2D eigenvalue weighted by Gasteiger charge is 2.27. The molecule has 43 heavy (non-hydrogen) atoms. The third-order valence-electron chi connectivity index (χ3n) is 7.81. The zero-order valence-electron chi connectivity index (χ0n) is 23.2. The second kappa shape index (κ2) is 11.2. The summed E-state index contributed by atoms with van der Waals surface area (Å²) in [5, 5.41) is 10.8. The van der Waals surface area contributed by atoms with Crippen LogP contribution in [0.5, 0.6) is 0 Å². The fourth-order valence-corrected chi connectivity index (χ4v) is 7.72. The van der Waals surface area contributed by atoms with Crippen molar-refractivity contribution in [2.45, 2.75) is 6.54 Å². The molecule has 3 N–H and O–H groups in total. The summed E-state index contributed by atoms with van der Waals surface area (Å²) < 4.78 is 2.87. The molecule has 1 saturated heterocycles. The maximum atomic E-state index is 13.7. The Morgan fingerprint density at radius 3 is 2.42 bits per heavy atom. The van der Waals surface area contributed by atoms with Crippen molar-refractivity contribution in [3.8, 4) is 33.6 Å². The predicted octanol–water partition coefficient (Wildman–Crippen LogP) is 7.11. The lowest BCUT2D eigenvalue weighted by Gasteiger charge is -2.27. The molecule has 0 radical (unpaired) electrons. The number of amides is 1. The number of carboxylic acids is 1. The summed E-state index contributed by atoms with van der Waals surface area (Å²) >= 11 is 3.11. The minimum Gasteiger partial charge on any atom is -0.477 e. The number of nitrogens with two attached hydrogens (primary N) is 1. The van der Waals surface area contributed by atoms with Crippen LogP contribution in [-0.2, 0) is 11.3 Å². The Morgan fingerprint density at radius 2 is 1.65 bits per heavy atom. The van der Waals surface area contributed by atoms with Crippen LogP contribution in [0.4, 0.5) is 5.69 Å². The smallest absolute Gasteiger partial charge is 0.345 e. The van der Waals surface area contributed by atoms with Crippen molar-refractivity contribution in [2.24, 2.45) is 0 Å². The van der Waals surface area contributed by atoms with Gasteiger partial charge in [0.1, 0.15) is 11.4 Å². The van der Waals surface area contributed by atoms with E-state index in [2.05, 4.69) is 12.1 Å². The molecule has 7 nitrogen and oxygen atoms in total. The van der Waals surface area contributed by atoms with Gasteiger partial charge in [-0.25, -0.2) is 9.78 Å². The number of carbonyl (C=O) groups excluding carboxylic acids is 1. The van der Waals surface area contributed by atoms with Crippen LogP contribution >= 0.6 is 23.1 Å². The number of carbonyl (C=O) groups is 2. The number of thioether (sulfide) groups is 1. The van der Waals surface area contributed by atoms with Crippen LogP contribution in [0.3, 0.4) is 0 Å². The Bertz CT molecular complexity index is 2010. The summed E-state index contributed by atoms with van der Waals surface area (Å²) in [7, 11) is 0. The number of pyridine rings is 1. The number of anilines is 1. The molecular weight excluding hydrogens is 577 g/mol. The molecule has 3 aromatic heterocycles. The van der Waals surface area contributed by atoms with Crippen molar-refractivity contribution in [2.75, 3.05) is 30.3 Å². The van der Waals surface area contributed by atoms with E-state index in [1.807, 2.05) is 94.0 Å². The van der Waals surface area contributed by atoms with Gasteiger partial charge in [-0.15, -0.1) is 11.3 Å². The topological polar surface area (TPSA) is 101 Å². The Balaban J connectivity index is 1.42. The number of aromatic nitrogens is 2. The van der Waals surface area contributed by atoms with Gasteiger partial charge in [0.25, 0.3) is 0 Å². The summed E-state index contributed by atoms with van der Waals surface area (Å²) in [6, 6.07) is 29.6. The van der Waals surface area contributed by atoms with E-state index >= 15 is 0 Å². The van der Waals surface area contributed by atoms with Crippen LogP contribution in [0.2, 0.25) is 0 Å². The predicted molar refractivity (Wildman–Crippen MR) is 177 cm³/mol. The maximum absolute atomic E-state index is 13.7. The molecule has 7 rings (SSSR count). The van der Waals surface area contributed by atoms with Crippen LogP contribution in [0.1, 0.15) is 9.67 Å². The number of fused-ring (bicyclic) bond motifs is 2. The van der Waals surface area contributed by atoms with Crippen LogP contribution in [0, 0.1) is 0 Å². The summed E-state index contributed by atoms with van der Waals surface area (Å²) in [6.45, 7) is 1.56. The van der Waals surface area contributed by atoms with Gasteiger partial charge < -0.3 is 20.3 Å². The molecule has 0 aliphatic carbocycles. The van der Waals surface area contributed by atoms with Crippen molar-refractivity contribution >= 4 is 61.8 Å². The van der Waals surface area contributed by atoms with E-state index in [1.54, 1.807) is 6.07 Å². The van der Waals surface area contributed by atoms with E-state index in [0.29, 0.717) is 5.69 Å². The summed E-state index contributed by atoms with van der Waals surface area (Å²) in [4.78, 5) is 32.8. The zero-order valence-corrected chi connectivity index (χ0v) is 24.8. The lowest BCUT2D eigenvalue weighted by atomic mass is 9.99. The number of nitrogen functional groups attached to an aromatic ring is 1. The van der Waals surface area contributed by atoms with Crippen LogP contribution < -0.4 is 5.73 Å². The second-order valence-corrected chi connectivity index (χ2v) is 12.8. The molecule has 0 bridgehead atoms. The highest BCUT2D eigenvalue weighted by atomic mass is 32.2. The van der Waals surface area contributed by atoms with E-state index in [0.717, 1.165) is 79.4 Å². The molecule has 0 unspecified atom stereocenters. The average molecular weight is 605 g/mol. The first-order valence-electron chi connectivity index (χ1n) is 14.0. The maximum Gasteiger partial charge on any atom is 0.345 e. The largest absolute Gasteiger partial charge is 0.477 e. The first-order chi connectivity index (χ1) is 21.0. The van der Waals surface area contributed by atoms with Crippen LogP contribution in [0.15, 0.2) is 91.0 Å². The Labute approximate surface area is 256 Å². The van der Waals surface area contributed by atoms with Crippen LogP contribution in [-0.4, -0.2) is 56.0 Å². The highest BCUT2D eigenvalue weighted by molar-refractivity contribution is 7.99. The van der Waals surface area contributed by atoms with Gasteiger partial charge >= 0.3 is 5.97 Å². The molecule has 0 spiro atoms. The van der Waals surface area contributed by atoms with Crippen molar-refractivity contribution in [1.82, 2.24) is 14.5 Å². The monoisotopic (exact) mass is 604 g/mol. The standard InChI is InChI=1S/C34H28N4O3S2/c35-25-8-4-7-22(18-25)26-11-9-23-17-24(10-12-27(23)36-26)32-31(21-5-2-1-3-6-21)33-28(19-29(43-33)34(40)41)38(32)20-30(39)37-13-15-42-16-14-37/h1-12,17-19H,13-16,20,35H2,(H,40,41). The van der Waals surface area contributed by atoms with E-state index in [-0.39, 0.29) is 17.3 Å². The minimum atomic E-state index is -0.972. The van der Waals surface area contributed by atoms with Crippen molar-refractivity contribution < 1.29 is 14.7 Å². The van der Waals surface area contributed by atoms with Gasteiger partial charge in [-0.05, 0) is 47.5 Å². The van der Waals surface area contributed by atoms with Gasteiger partial charge in [0.2, 0.25) is 5.91 Å². The SMILES string of the molecule is Nc1cccc(-c2ccc3cc(-c4c(-c5ccccc5)c5sc(C(=O)O)cc5n4CC(=O)N4CCSCC4)ccc3n2)c1. The number of thiophene rings is 1. The molecule has 0 saturated carbocycles. The van der Waals surface area contributed by atoms with Crippen LogP contribution in [0.25, 0.3) is 54.8 Å². The molecule has 1 aliphatic heterocycles. The number of carboxylic acid groups (broad SMARTS) is 1. The highest BCUT2D eigenvalue weighted by Crippen LogP contribution is 2.45. The van der Waals surface area contributed by atoms with E-state index in [9.17, 15) is 14.7 Å². The first-order valence-corrected chi connectivity index (χ1v) is 16.0. The third kappa shape index (κ3) is 5.15. The summed E-state index contributed by atoms with van der Waals surface area (Å²) in [6.07, 6.45) is 0. The molecule has 3 aromatic carbocycles. The minimum absolute atomic E-state index is 0.0374. The average Bonchev–Trinajstić information content (AvgIpc) is 3.60. The lowest BCUT2D eigenvalue weighted by Crippen LogP contribution is -2.39. The van der Waals surface area contributed by atoms with Crippen molar-refractivity contribution in [3.63, 3.8) is 0 Å². The third-order valence-corrected chi connectivity index (χ3v) is 9.88. The molecular formula is C34H28N4O3S2. The molecule has 1 aliphatic rings. The number of nitrogens with zero attached hydrogens (tertiary/aromatic N) is 3. The molecule has 1 fully saturated rings. The zero-order chi connectivity index (χ0) is 29.5. The molecule has 6 aromatic rings. The number of hydrogen-bond donors (Lipinski definition) is 2. The fourth-order valence-electron chi connectivity index (χ4n) is 5.75. The fraction of sp³-hybridized carbons (Fsp3) is 0.147. The second-order valence-electron chi connectivity index (χ2n) is 10.5. The molecule has 0 atom stereocenters. The summed E-state index contributed by atoms with van der Waals surface area (Å²) in [5.41, 5.74) is 13.8. The van der Waals surface area contributed by atoms with Crippen molar-refractivity contribution in [3.05, 3.63) is 95.9 Å².